The Bertz CT molecular complexity index is 1340. The van der Waals surface area contributed by atoms with Crippen LogP contribution in [0.25, 0.3) is 0 Å². The summed E-state index contributed by atoms with van der Waals surface area (Å²) in [5.74, 6) is 0. The molecule has 0 spiro atoms. The summed E-state index contributed by atoms with van der Waals surface area (Å²) in [7, 11) is 0. The average molecular weight is 957 g/mol. The van der Waals surface area contributed by atoms with Crippen LogP contribution >= 0.6 is 12.0 Å². The van der Waals surface area contributed by atoms with Gasteiger partial charge in [0.2, 0.25) is 0 Å². The van der Waals surface area contributed by atoms with Crippen LogP contribution in [0, 0.1) is 0 Å². The SMILES string of the molecule is [Br][Pb]([c]1ccccc1)([c]1ccccc1)[c]1ccccc1.c1cc[c]([Pb]([c]2ccccc2)[c]2ccccc2)cc1. The number of halogens is 1. The monoisotopic (exact) mass is 957 g/mol. The summed E-state index contributed by atoms with van der Waals surface area (Å²) in [6.45, 7) is 0. The third kappa shape index (κ3) is 7.05. The van der Waals surface area contributed by atoms with E-state index in [4.69, 9.17) is 0 Å². The molecule has 1 radical (unpaired) electrons. The van der Waals surface area contributed by atoms with E-state index in [1.165, 1.54) is 9.37 Å². The quantitative estimate of drug-likeness (QED) is 0.201. The Balaban J connectivity index is 0.000000158. The molecule has 6 aromatic rings. The van der Waals surface area contributed by atoms with Gasteiger partial charge in [-0.3, -0.25) is 0 Å². The predicted octanol–water partition coefficient (Wildman–Crippen LogP) is 5.25. The molecule has 0 aromatic heterocycles. The predicted molar refractivity (Wildman–Crippen MR) is 177 cm³/mol. The van der Waals surface area contributed by atoms with Crippen molar-refractivity contribution in [2.24, 2.45) is 0 Å². The van der Waals surface area contributed by atoms with Crippen molar-refractivity contribution in [1.82, 2.24) is 0 Å². The van der Waals surface area contributed by atoms with Gasteiger partial charge < -0.3 is 0 Å². The molecule has 3 heteroatoms. The molecule has 0 saturated heterocycles. The summed E-state index contributed by atoms with van der Waals surface area (Å²) in [6.07, 6.45) is 0. The third-order valence-corrected chi connectivity index (χ3v) is 42.5. The second-order valence-corrected chi connectivity index (χ2v) is 41.2. The van der Waals surface area contributed by atoms with E-state index >= 15 is 0 Å². The van der Waals surface area contributed by atoms with E-state index in [2.05, 4.69) is 194 Å². The first kappa shape index (κ1) is 28.2. The van der Waals surface area contributed by atoms with Crippen LogP contribution < -0.4 is 18.7 Å². The molecule has 0 aliphatic heterocycles. The Labute approximate surface area is 251 Å². The molecule has 0 aliphatic rings. The van der Waals surface area contributed by atoms with Crippen molar-refractivity contribution in [1.29, 1.82) is 0 Å². The van der Waals surface area contributed by atoms with Crippen LogP contribution in [-0.4, -0.2) is 41.5 Å². The van der Waals surface area contributed by atoms with Crippen molar-refractivity contribution in [3.8, 4) is 0 Å². The Morgan fingerprint density at radius 3 is 0.744 bits per heavy atom. The van der Waals surface area contributed by atoms with Crippen LogP contribution in [0.4, 0.5) is 0 Å². The van der Waals surface area contributed by atoms with E-state index in [0.717, 1.165) is 0 Å². The molecular formula is C36H30BrPb2. The standard InChI is InChI=1S/6C6H5.BrH.2Pb/c6*1-2-4-6-5-3-1;;;/h6*1-5H;1H;;/q;;;;;;;;+1/p-1. The van der Waals surface area contributed by atoms with Gasteiger partial charge in [-0.1, -0.05) is 0 Å². The first-order valence-corrected chi connectivity index (χ1v) is 33.2. The zero-order chi connectivity index (χ0) is 26.8. The number of hydrogen-bond donors (Lipinski definition) is 0. The Hall–Kier alpha value is -2.36. The summed E-state index contributed by atoms with van der Waals surface area (Å²) in [6, 6.07) is 65.6. The molecule has 0 saturated carbocycles. The topological polar surface area (TPSA) is 0 Å². The summed E-state index contributed by atoms with van der Waals surface area (Å²) in [5, 5.41) is 0. The first-order chi connectivity index (χ1) is 19.3. The molecule has 0 N–H and O–H groups in total. The van der Waals surface area contributed by atoms with Crippen LogP contribution in [0.1, 0.15) is 0 Å². The molecule has 39 heavy (non-hydrogen) atoms. The summed E-state index contributed by atoms with van der Waals surface area (Å²) in [5.41, 5.74) is 0. The Morgan fingerprint density at radius 1 is 0.308 bits per heavy atom. The van der Waals surface area contributed by atoms with Gasteiger partial charge in [0.1, 0.15) is 0 Å². The minimum atomic E-state index is -3.12. The Kier molecular flexibility index (Phi) is 10.4. The van der Waals surface area contributed by atoms with Gasteiger partial charge in [0, 0.05) is 0 Å². The van der Waals surface area contributed by atoms with E-state index < -0.39 is 41.5 Å². The summed E-state index contributed by atoms with van der Waals surface area (Å²) < 4.78 is 9.01. The number of benzene rings is 6. The zero-order valence-electron chi connectivity index (χ0n) is 21.7. The molecule has 0 nitrogen and oxygen atoms in total. The van der Waals surface area contributed by atoms with Crippen molar-refractivity contribution in [3.05, 3.63) is 182 Å². The van der Waals surface area contributed by atoms with E-state index in [1.54, 1.807) is 9.37 Å². The van der Waals surface area contributed by atoms with Gasteiger partial charge in [0.05, 0.1) is 0 Å². The molecule has 0 aliphatic carbocycles. The van der Waals surface area contributed by atoms with Crippen molar-refractivity contribution < 1.29 is 0 Å². The van der Waals surface area contributed by atoms with Gasteiger partial charge in [-0.2, -0.15) is 0 Å². The zero-order valence-corrected chi connectivity index (χ0v) is 31.1. The van der Waals surface area contributed by atoms with E-state index in [-0.39, 0.29) is 0 Å². The van der Waals surface area contributed by atoms with Gasteiger partial charge in [-0.05, 0) is 0 Å². The van der Waals surface area contributed by atoms with E-state index in [1.807, 2.05) is 0 Å². The first-order valence-electron chi connectivity index (χ1n) is 13.2. The van der Waals surface area contributed by atoms with Crippen molar-refractivity contribution >= 4 is 72.2 Å². The second kappa shape index (κ2) is 14.3. The Morgan fingerprint density at radius 2 is 0.513 bits per heavy atom. The minimum absolute atomic E-state index is 1.46. The molecule has 0 atom stereocenters. The number of rotatable bonds is 6. The van der Waals surface area contributed by atoms with Gasteiger partial charge in [-0.25, -0.2) is 0 Å². The molecule has 6 rings (SSSR count). The van der Waals surface area contributed by atoms with Crippen molar-refractivity contribution in [2.45, 2.75) is 0 Å². The fourth-order valence-corrected chi connectivity index (χ4v) is 33.3. The fraction of sp³-hybridized carbons (Fsp3) is 0. The maximum absolute atomic E-state index is 4.23. The van der Waals surface area contributed by atoms with Crippen LogP contribution in [0.3, 0.4) is 0 Å². The molecule has 0 bridgehead atoms. The normalized spacial score (nSPS) is 10.9. The number of hydrogen-bond acceptors (Lipinski definition) is 0. The van der Waals surface area contributed by atoms with E-state index in [0.29, 0.717) is 0 Å². The van der Waals surface area contributed by atoms with Crippen LogP contribution in [0.2, 0.25) is 0 Å². The van der Waals surface area contributed by atoms with Crippen LogP contribution in [-0.2, 0) is 0 Å². The van der Waals surface area contributed by atoms with Crippen molar-refractivity contribution in [2.75, 3.05) is 0 Å². The average Bonchev–Trinajstić information content (AvgIpc) is 3.04. The third-order valence-electron chi connectivity index (χ3n) is 6.70. The van der Waals surface area contributed by atoms with Crippen LogP contribution in [0.15, 0.2) is 182 Å². The van der Waals surface area contributed by atoms with Gasteiger partial charge in [0.15, 0.2) is 0 Å². The molecule has 0 fully saturated rings. The molecule has 0 unspecified atom stereocenters. The molecule has 0 heterocycles. The van der Waals surface area contributed by atoms with Gasteiger partial charge in [-0.15, -0.1) is 0 Å². The molecule has 0 amide bonds. The molecule has 189 valence electrons. The summed E-state index contributed by atoms with van der Waals surface area (Å²) in [4.78, 5) is 0. The fourth-order valence-electron chi connectivity index (χ4n) is 4.82. The van der Waals surface area contributed by atoms with Gasteiger partial charge >= 0.3 is 254 Å². The molecule has 6 aromatic carbocycles. The summed E-state index contributed by atoms with van der Waals surface area (Å²) >= 11 is -1.06. The second-order valence-electron chi connectivity index (χ2n) is 9.23. The van der Waals surface area contributed by atoms with Crippen molar-refractivity contribution in [3.63, 3.8) is 0 Å². The maximum atomic E-state index is 4.23. The molecular weight excluding hydrogens is 927 g/mol. The van der Waals surface area contributed by atoms with E-state index in [9.17, 15) is 0 Å². The van der Waals surface area contributed by atoms with Crippen LogP contribution in [0.5, 0.6) is 0 Å². The van der Waals surface area contributed by atoms with Gasteiger partial charge in [0.25, 0.3) is 0 Å².